The summed E-state index contributed by atoms with van der Waals surface area (Å²) >= 11 is 0. The van der Waals surface area contributed by atoms with E-state index in [4.69, 9.17) is 4.74 Å². The van der Waals surface area contributed by atoms with Crippen molar-refractivity contribution in [1.29, 1.82) is 0 Å². The molecule has 0 aliphatic rings. The molecule has 1 unspecified atom stereocenters. The van der Waals surface area contributed by atoms with Gasteiger partial charge in [-0.25, -0.2) is 13.2 Å². The second-order valence-corrected chi connectivity index (χ2v) is 4.85. The first-order valence-electron chi connectivity index (χ1n) is 6.53. The monoisotopic (exact) mass is 345 g/mol. The number of carboxylic acids is 1. The average Bonchev–Trinajstić information content (AvgIpc) is 2.56. The smallest absolute Gasteiger partial charge is 0.319 e. The lowest BCUT2D eigenvalue weighted by molar-refractivity contribution is -0.336. The third-order valence-electron chi connectivity index (χ3n) is 3.49. The highest BCUT2D eigenvalue weighted by atomic mass is 19.3. The SMILES string of the molecule is COc1ccc(C(F)(C(=O)[O-])C(F)(F)c2cccc(F)c2F)cc1. The maximum atomic E-state index is 14.9. The Balaban J connectivity index is 2.67. The number of aliphatic carboxylic acids is 1. The lowest BCUT2D eigenvalue weighted by atomic mass is 9.84. The third-order valence-corrected chi connectivity index (χ3v) is 3.49. The molecule has 2 aromatic carbocycles. The summed E-state index contributed by atoms with van der Waals surface area (Å²) in [6.07, 6.45) is 0. The van der Waals surface area contributed by atoms with Crippen LogP contribution in [0.15, 0.2) is 42.5 Å². The molecule has 2 rings (SSSR count). The van der Waals surface area contributed by atoms with Gasteiger partial charge in [-0.2, -0.15) is 8.78 Å². The Morgan fingerprint density at radius 3 is 2.12 bits per heavy atom. The largest absolute Gasteiger partial charge is 0.546 e. The molecule has 0 saturated heterocycles. The predicted octanol–water partition coefficient (Wildman–Crippen LogP) is 2.68. The molecule has 0 fully saturated rings. The summed E-state index contributed by atoms with van der Waals surface area (Å²) in [5.74, 6) is -11.3. The second kappa shape index (κ2) is 6.10. The van der Waals surface area contributed by atoms with Crippen LogP contribution >= 0.6 is 0 Å². The molecule has 0 spiro atoms. The first-order chi connectivity index (χ1) is 11.2. The van der Waals surface area contributed by atoms with Gasteiger partial charge in [0.15, 0.2) is 11.6 Å². The van der Waals surface area contributed by atoms with Crippen molar-refractivity contribution in [2.24, 2.45) is 0 Å². The fourth-order valence-corrected chi connectivity index (χ4v) is 2.18. The molecule has 0 heterocycles. The molecule has 0 amide bonds. The summed E-state index contributed by atoms with van der Waals surface area (Å²) in [5.41, 5.74) is -7.16. The molecule has 0 N–H and O–H groups in total. The highest BCUT2D eigenvalue weighted by Crippen LogP contribution is 2.49. The Bertz CT molecular complexity index is 761. The summed E-state index contributed by atoms with van der Waals surface area (Å²) in [5, 5.41) is 11.2. The fraction of sp³-hybridized carbons (Fsp3) is 0.188. The van der Waals surface area contributed by atoms with Gasteiger partial charge in [-0.15, -0.1) is 0 Å². The first-order valence-corrected chi connectivity index (χ1v) is 6.53. The number of carbonyl (C=O) groups excluding carboxylic acids is 1. The van der Waals surface area contributed by atoms with E-state index in [0.717, 1.165) is 24.3 Å². The Hall–Kier alpha value is -2.64. The van der Waals surface area contributed by atoms with Crippen molar-refractivity contribution in [1.82, 2.24) is 0 Å². The van der Waals surface area contributed by atoms with E-state index in [1.54, 1.807) is 0 Å². The molecule has 0 aliphatic heterocycles. The molecule has 128 valence electrons. The van der Waals surface area contributed by atoms with Crippen molar-refractivity contribution >= 4 is 5.97 Å². The highest BCUT2D eigenvalue weighted by molar-refractivity contribution is 5.79. The molecule has 1 atom stereocenters. The van der Waals surface area contributed by atoms with E-state index in [9.17, 15) is 31.9 Å². The summed E-state index contributed by atoms with van der Waals surface area (Å²) in [6, 6.07) is 5.22. The second-order valence-electron chi connectivity index (χ2n) is 4.85. The van der Waals surface area contributed by atoms with Gasteiger partial charge in [0.25, 0.3) is 0 Å². The van der Waals surface area contributed by atoms with Gasteiger partial charge in [0.05, 0.1) is 18.6 Å². The maximum Gasteiger partial charge on any atom is 0.319 e. The van der Waals surface area contributed by atoms with Crippen molar-refractivity contribution in [2.45, 2.75) is 11.6 Å². The van der Waals surface area contributed by atoms with Crippen LogP contribution in [0.2, 0.25) is 0 Å². The number of methoxy groups -OCH3 is 1. The van der Waals surface area contributed by atoms with Gasteiger partial charge in [-0.1, -0.05) is 18.2 Å². The number of rotatable bonds is 5. The summed E-state index contributed by atoms with van der Waals surface area (Å²) in [7, 11) is 1.26. The van der Waals surface area contributed by atoms with Gasteiger partial charge in [-0.3, -0.25) is 0 Å². The lowest BCUT2D eigenvalue weighted by Crippen LogP contribution is -2.53. The zero-order valence-electron chi connectivity index (χ0n) is 12.2. The van der Waals surface area contributed by atoms with Crippen LogP contribution in [-0.4, -0.2) is 13.1 Å². The van der Waals surface area contributed by atoms with Crippen molar-refractivity contribution in [3.8, 4) is 5.75 Å². The van der Waals surface area contributed by atoms with E-state index in [1.165, 1.54) is 7.11 Å². The highest BCUT2D eigenvalue weighted by Gasteiger charge is 2.60. The molecule has 8 heteroatoms. The van der Waals surface area contributed by atoms with Crippen LogP contribution in [0.25, 0.3) is 0 Å². The van der Waals surface area contributed by atoms with Gasteiger partial charge in [0.1, 0.15) is 5.75 Å². The van der Waals surface area contributed by atoms with E-state index >= 15 is 0 Å². The standard InChI is InChI=1S/C16H11F5O3/c1-24-10-7-5-9(6-8-10)15(19,14(22)23)16(20,21)11-3-2-4-12(17)13(11)18/h2-8H,1H3,(H,22,23)/p-1. The molecule has 0 aliphatic carbocycles. The number of benzene rings is 2. The zero-order chi connectivity index (χ0) is 18.1. The Kier molecular flexibility index (Phi) is 4.50. The normalized spacial score (nSPS) is 14.1. The fourth-order valence-electron chi connectivity index (χ4n) is 2.18. The topological polar surface area (TPSA) is 49.4 Å². The minimum Gasteiger partial charge on any atom is -0.546 e. The number of hydrogen-bond acceptors (Lipinski definition) is 3. The zero-order valence-corrected chi connectivity index (χ0v) is 12.2. The van der Waals surface area contributed by atoms with Gasteiger partial charge in [0.2, 0.25) is 5.67 Å². The summed E-state index contributed by atoms with van der Waals surface area (Å²) < 4.78 is 75.6. The maximum absolute atomic E-state index is 14.9. The number of carboxylic acid groups (broad SMARTS) is 1. The van der Waals surface area contributed by atoms with Crippen LogP contribution in [0.1, 0.15) is 11.1 Å². The van der Waals surface area contributed by atoms with E-state index in [2.05, 4.69) is 0 Å². The van der Waals surface area contributed by atoms with Gasteiger partial charge >= 0.3 is 5.92 Å². The van der Waals surface area contributed by atoms with Crippen molar-refractivity contribution in [3.63, 3.8) is 0 Å². The van der Waals surface area contributed by atoms with Gasteiger partial charge in [0, 0.05) is 5.56 Å². The van der Waals surface area contributed by atoms with Gasteiger partial charge < -0.3 is 14.6 Å². The summed E-state index contributed by atoms with van der Waals surface area (Å²) in [4.78, 5) is 11.2. The van der Waals surface area contributed by atoms with Gasteiger partial charge in [-0.05, 0) is 24.3 Å². The van der Waals surface area contributed by atoms with Crippen LogP contribution in [0, 0.1) is 11.6 Å². The molecule has 2 aromatic rings. The first kappa shape index (κ1) is 17.7. The van der Waals surface area contributed by atoms with Crippen molar-refractivity contribution < 1.29 is 36.6 Å². The van der Waals surface area contributed by atoms with Crippen molar-refractivity contribution in [3.05, 3.63) is 65.2 Å². The van der Waals surface area contributed by atoms with Crippen LogP contribution in [0.3, 0.4) is 0 Å². The molecule has 3 nitrogen and oxygen atoms in total. The number of ether oxygens (including phenoxy) is 1. The lowest BCUT2D eigenvalue weighted by Gasteiger charge is -2.35. The number of hydrogen-bond donors (Lipinski definition) is 0. The van der Waals surface area contributed by atoms with Crippen LogP contribution in [0.5, 0.6) is 5.75 Å². The molecular formula is C16H10F5O3-. The van der Waals surface area contributed by atoms with Crippen LogP contribution in [-0.2, 0) is 16.4 Å². The van der Waals surface area contributed by atoms with Crippen LogP contribution < -0.4 is 9.84 Å². The van der Waals surface area contributed by atoms with E-state index in [-0.39, 0.29) is 5.75 Å². The van der Waals surface area contributed by atoms with E-state index in [0.29, 0.717) is 18.2 Å². The number of halogens is 5. The van der Waals surface area contributed by atoms with E-state index in [1.807, 2.05) is 0 Å². The Morgan fingerprint density at radius 2 is 1.62 bits per heavy atom. The minimum absolute atomic E-state index is 0.153. The summed E-state index contributed by atoms with van der Waals surface area (Å²) in [6.45, 7) is 0. The number of alkyl halides is 3. The Morgan fingerprint density at radius 1 is 1.04 bits per heavy atom. The quantitative estimate of drug-likeness (QED) is 0.783. The molecule has 24 heavy (non-hydrogen) atoms. The molecule has 0 radical (unpaired) electrons. The average molecular weight is 345 g/mol. The number of carbonyl (C=O) groups is 1. The van der Waals surface area contributed by atoms with E-state index < -0.39 is 40.3 Å². The molecule has 0 bridgehead atoms. The molecule has 0 aromatic heterocycles. The molecule has 0 saturated carbocycles. The molecular weight excluding hydrogens is 335 g/mol. The minimum atomic E-state index is -4.94. The van der Waals surface area contributed by atoms with Crippen molar-refractivity contribution in [2.75, 3.05) is 7.11 Å². The Labute approximate surface area is 133 Å². The third kappa shape index (κ3) is 2.57. The predicted molar refractivity (Wildman–Crippen MR) is 71.0 cm³/mol. The van der Waals surface area contributed by atoms with Crippen LogP contribution in [0.4, 0.5) is 22.0 Å².